The van der Waals surface area contributed by atoms with Crippen LogP contribution in [0.4, 0.5) is 5.00 Å². The van der Waals surface area contributed by atoms with E-state index >= 15 is 0 Å². The van der Waals surface area contributed by atoms with Crippen molar-refractivity contribution in [1.82, 2.24) is 0 Å². The van der Waals surface area contributed by atoms with Crippen molar-refractivity contribution in [3.63, 3.8) is 0 Å². The molecule has 5 nitrogen and oxygen atoms in total. The van der Waals surface area contributed by atoms with Crippen LogP contribution in [0, 0.1) is 6.92 Å². The quantitative estimate of drug-likeness (QED) is 0.664. The number of furan rings is 1. The zero-order chi connectivity index (χ0) is 18.4. The Labute approximate surface area is 149 Å². The molecule has 2 heterocycles. The van der Waals surface area contributed by atoms with Gasteiger partial charge >= 0.3 is 5.97 Å². The van der Waals surface area contributed by atoms with Gasteiger partial charge < -0.3 is 14.8 Å². The van der Waals surface area contributed by atoms with E-state index in [4.69, 9.17) is 4.42 Å². The molecule has 0 spiro atoms. The van der Waals surface area contributed by atoms with Crippen LogP contribution in [0.3, 0.4) is 0 Å². The first-order chi connectivity index (χ1) is 12.1. The van der Waals surface area contributed by atoms with Crippen LogP contribution in [-0.4, -0.2) is 17.0 Å². The van der Waals surface area contributed by atoms with Crippen molar-refractivity contribution < 1.29 is 19.1 Å². The molecule has 0 aliphatic rings. The summed E-state index contributed by atoms with van der Waals surface area (Å²) in [7, 11) is 0. The van der Waals surface area contributed by atoms with Gasteiger partial charge in [0.05, 0.1) is 0 Å². The molecule has 0 unspecified atom stereocenters. The molecule has 1 amide bonds. The third-order valence-corrected chi connectivity index (χ3v) is 4.17. The summed E-state index contributed by atoms with van der Waals surface area (Å²) < 4.78 is 5.49. The summed E-state index contributed by atoms with van der Waals surface area (Å²) in [5.74, 6) is -0.301. The molecule has 0 aliphatic carbocycles. The van der Waals surface area contributed by atoms with E-state index in [0.717, 1.165) is 11.3 Å². The highest BCUT2D eigenvalue weighted by atomic mass is 32.1. The van der Waals surface area contributed by atoms with Crippen molar-refractivity contribution in [2.75, 3.05) is 5.32 Å². The number of carbonyl (C=O) groups is 2. The van der Waals surface area contributed by atoms with Crippen LogP contribution >= 0.6 is 11.3 Å². The molecular weight excluding hydrogens is 338 g/mol. The van der Waals surface area contributed by atoms with Crippen LogP contribution in [0.2, 0.25) is 0 Å². The summed E-state index contributed by atoms with van der Waals surface area (Å²) in [6.45, 7) is 5.79. The Morgan fingerprint density at radius 1 is 1.08 bits per heavy atom. The first kappa shape index (κ1) is 18.5. The van der Waals surface area contributed by atoms with E-state index in [-0.39, 0.29) is 16.5 Å². The minimum Gasteiger partial charge on any atom is -0.478 e. The molecule has 0 radical (unpaired) electrons. The molecule has 3 aromatic rings. The molecule has 0 atom stereocenters. The lowest BCUT2D eigenvalue weighted by molar-refractivity contribution is 0.0699. The number of carboxylic acid groups (broad SMARTS) is 1. The van der Waals surface area contributed by atoms with Gasteiger partial charge in [-0.2, -0.15) is 0 Å². The van der Waals surface area contributed by atoms with E-state index in [1.807, 2.05) is 19.9 Å². The average molecular weight is 357 g/mol. The molecule has 6 heteroatoms. The number of carbonyl (C=O) groups excluding carboxylic acids is 1. The number of aryl methyl sites for hydroxylation is 1. The number of anilines is 1. The van der Waals surface area contributed by atoms with Crippen molar-refractivity contribution >= 4 is 28.2 Å². The number of aromatic carboxylic acids is 1. The second-order valence-electron chi connectivity index (χ2n) is 4.89. The van der Waals surface area contributed by atoms with E-state index in [1.165, 1.54) is 0 Å². The average Bonchev–Trinajstić information content (AvgIpc) is 3.23. The number of rotatable bonds is 4. The van der Waals surface area contributed by atoms with Gasteiger partial charge in [-0.15, -0.1) is 11.3 Å². The standard InChI is InChI=1S/C17H13NO4S.C2H6/c1-10-7-8-13(22-10)12-9-23-16(14(12)17(20)21)18-15(19)11-5-3-2-4-6-11;1-2/h2-9H,1H3,(H,18,19)(H,20,21);1-2H3. The summed E-state index contributed by atoms with van der Waals surface area (Å²) in [6.07, 6.45) is 0. The maximum atomic E-state index is 12.2. The van der Waals surface area contributed by atoms with E-state index in [0.29, 0.717) is 22.6 Å². The Morgan fingerprint density at radius 3 is 2.32 bits per heavy atom. The van der Waals surface area contributed by atoms with Gasteiger partial charge in [0.2, 0.25) is 0 Å². The summed E-state index contributed by atoms with van der Waals surface area (Å²) in [5, 5.41) is 14.1. The molecule has 130 valence electrons. The molecule has 0 saturated heterocycles. The molecule has 0 saturated carbocycles. The zero-order valence-corrected chi connectivity index (χ0v) is 15.0. The highest BCUT2D eigenvalue weighted by Crippen LogP contribution is 2.36. The smallest absolute Gasteiger partial charge is 0.339 e. The first-order valence-corrected chi connectivity index (χ1v) is 8.72. The monoisotopic (exact) mass is 357 g/mol. The van der Waals surface area contributed by atoms with Crippen molar-refractivity contribution in [2.45, 2.75) is 20.8 Å². The van der Waals surface area contributed by atoms with Gasteiger partial charge in [-0.05, 0) is 31.2 Å². The predicted octanol–water partition coefficient (Wildman–Crippen LogP) is 5.29. The molecule has 0 bridgehead atoms. The van der Waals surface area contributed by atoms with E-state index in [2.05, 4.69) is 5.32 Å². The maximum absolute atomic E-state index is 12.2. The van der Waals surface area contributed by atoms with Gasteiger partial charge in [0, 0.05) is 16.5 Å². The number of carboxylic acids is 1. The number of benzene rings is 1. The zero-order valence-electron chi connectivity index (χ0n) is 14.2. The Balaban J connectivity index is 0.00000109. The number of nitrogens with one attached hydrogen (secondary N) is 1. The van der Waals surface area contributed by atoms with Gasteiger partial charge in [0.1, 0.15) is 22.1 Å². The molecule has 0 aliphatic heterocycles. The lowest BCUT2D eigenvalue weighted by Crippen LogP contribution is -2.13. The SMILES string of the molecule is CC.Cc1ccc(-c2csc(NC(=O)c3ccccc3)c2C(=O)O)o1. The molecule has 2 aromatic heterocycles. The highest BCUT2D eigenvalue weighted by Gasteiger charge is 2.23. The molecule has 0 fully saturated rings. The van der Waals surface area contributed by atoms with Crippen LogP contribution < -0.4 is 5.32 Å². The third kappa shape index (κ3) is 4.16. The van der Waals surface area contributed by atoms with Crippen molar-refractivity contribution in [3.8, 4) is 11.3 Å². The van der Waals surface area contributed by atoms with Crippen LogP contribution in [-0.2, 0) is 0 Å². The van der Waals surface area contributed by atoms with Gasteiger partial charge in [-0.3, -0.25) is 4.79 Å². The molecule has 1 aromatic carbocycles. The minimum atomic E-state index is -1.11. The Hall–Kier alpha value is -2.86. The number of thiophene rings is 1. The molecule has 3 rings (SSSR count). The lowest BCUT2D eigenvalue weighted by Gasteiger charge is -2.05. The van der Waals surface area contributed by atoms with Crippen LogP contribution in [0.5, 0.6) is 0 Å². The maximum Gasteiger partial charge on any atom is 0.339 e. The number of amides is 1. The second kappa shape index (κ2) is 8.30. The fourth-order valence-electron chi connectivity index (χ4n) is 2.19. The summed E-state index contributed by atoms with van der Waals surface area (Å²) in [6, 6.07) is 12.1. The third-order valence-electron chi connectivity index (χ3n) is 3.27. The Morgan fingerprint density at radius 2 is 1.76 bits per heavy atom. The number of hydrogen-bond donors (Lipinski definition) is 2. The van der Waals surface area contributed by atoms with E-state index in [1.54, 1.807) is 48.7 Å². The largest absolute Gasteiger partial charge is 0.478 e. The van der Waals surface area contributed by atoms with Crippen molar-refractivity contribution in [2.24, 2.45) is 0 Å². The summed E-state index contributed by atoms with van der Waals surface area (Å²) >= 11 is 1.16. The van der Waals surface area contributed by atoms with E-state index < -0.39 is 5.97 Å². The van der Waals surface area contributed by atoms with E-state index in [9.17, 15) is 14.7 Å². The van der Waals surface area contributed by atoms with Crippen LogP contribution in [0.15, 0.2) is 52.3 Å². The van der Waals surface area contributed by atoms with Crippen molar-refractivity contribution in [3.05, 3.63) is 64.7 Å². The van der Waals surface area contributed by atoms with Crippen LogP contribution in [0.1, 0.15) is 40.3 Å². The Bertz CT molecular complexity index is 865. The summed E-state index contributed by atoms with van der Waals surface area (Å²) in [4.78, 5) is 23.8. The second-order valence-corrected chi connectivity index (χ2v) is 5.77. The topological polar surface area (TPSA) is 79.5 Å². The molecule has 2 N–H and O–H groups in total. The van der Waals surface area contributed by atoms with Gasteiger partial charge in [0.25, 0.3) is 5.91 Å². The number of hydrogen-bond acceptors (Lipinski definition) is 4. The van der Waals surface area contributed by atoms with Crippen LogP contribution in [0.25, 0.3) is 11.3 Å². The normalized spacial score (nSPS) is 9.88. The Kier molecular flexibility index (Phi) is 6.14. The highest BCUT2D eigenvalue weighted by molar-refractivity contribution is 7.15. The first-order valence-electron chi connectivity index (χ1n) is 7.84. The lowest BCUT2D eigenvalue weighted by atomic mass is 10.1. The molecule has 25 heavy (non-hydrogen) atoms. The van der Waals surface area contributed by atoms with Gasteiger partial charge in [-0.1, -0.05) is 32.0 Å². The van der Waals surface area contributed by atoms with Crippen molar-refractivity contribution in [1.29, 1.82) is 0 Å². The fourth-order valence-corrected chi connectivity index (χ4v) is 3.12. The molecular formula is C19H19NO4S. The minimum absolute atomic E-state index is 0.0358. The summed E-state index contributed by atoms with van der Waals surface area (Å²) in [5.41, 5.74) is 0.959. The van der Waals surface area contributed by atoms with Gasteiger partial charge in [0.15, 0.2) is 0 Å². The predicted molar refractivity (Wildman–Crippen MR) is 99.5 cm³/mol. The van der Waals surface area contributed by atoms with Gasteiger partial charge in [-0.25, -0.2) is 4.79 Å². The fraction of sp³-hybridized carbons (Fsp3) is 0.158.